The number of fused-ring (bicyclic) bond motifs is 1. The normalized spacial score (nSPS) is 13.4. The number of rotatable bonds is 2. The summed E-state index contributed by atoms with van der Waals surface area (Å²) in [5.41, 5.74) is 8.57. The van der Waals surface area contributed by atoms with Crippen LogP contribution < -0.4 is 24.8 Å². The summed E-state index contributed by atoms with van der Waals surface area (Å²) in [4.78, 5) is 0. The first kappa shape index (κ1) is 28.6. The molecule has 0 spiro atoms. The molecule has 2 aliphatic rings. The minimum Gasteiger partial charge on any atom is -0.210 e. The molecule has 3 aromatic carbocycles. The number of allylic oxidation sites excluding steroid dienone is 4. The fourth-order valence-electron chi connectivity index (χ4n) is 3.64. The van der Waals surface area contributed by atoms with Crippen molar-refractivity contribution in [3.05, 3.63) is 124 Å². The third-order valence-corrected chi connectivity index (χ3v) is 7.06. The molecule has 0 heterocycles. The Labute approximate surface area is 221 Å². The Bertz CT molecular complexity index is 920. The predicted molar refractivity (Wildman–Crippen MR) is 126 cm³/mol. The Hall–Kier alpha value is -1.40. The van der Waals surface area contributed by atoms with Crippen LogP contribution >= 0.6 is 0 Å². The molecule has 0 saturated heterocycles. The summed E-state index contributed by atoms with van der Waals surface area (Å²) in [6, 6.07) is 27.8. The molecule has 0 unspecified atom stereocenters. The van der Waals surface area contributed by atoms with Crippen LogP contribution in [0.2, 0.25) is 0 Å². The van der Waals surface area contributed by atoms with Crippen LogP contribution in [-0.2, 0) is 37.1 Å². The van der Waals surface area contributed by atoms with Gasteiger partial charge in [-0.3, -0.25) is 6.08 Å². The van der Waals surface area contributed by atoms with Gasteiger partial charge in [-0.25, -0.2) is 17.2 Å². The standard InChI is InChI=1S/C13H10.C9H11.C7H9.2ClH.Zr/c1-3-7-12(8-4-1)11-13-9-5-2-6-10-13;1-2-5-9-7-3-6-8(9)4-1;1-6-4-3-5-7(6)2;;;/h1-10H;3,6-7H,1-2,4-5H2;4H,3H2,1-2H3;2*1H;/q;2*-1;;;+2/p-2. The number of benzene rings is 2. The van der Waals surface area contributed by atoms with Crippen molar-refractivity contribution in [2.75, 3.05) is 0 Å². The summed E-state index contributed by atoms with van der Waals surface area (Å²) in [6.07, 6.45) is 11.9. The first-order valence-corrected chi connectivity index (χ1v) is 12.1. The first-order chi connectivity index (χ1) is 14.6. The molecule has 0 fully saturated rings. The summed E-state index contributed by atoms with van der Waals surface area (Å²) in [5, 5.41) is 0. The summed E-state index contributed by atoms with van der Waals surface area (Å²) >= 11 is 1.46. The van der Waals surface area contributed by atoms with Gasteiger partial charge in [-0.1, -0.05) is 32.6 Å². The molecular formula is C29H30Cl2Zr-2. The van der Waals surface area contributed by atoms with Gasteiger partial charge >= 0.3 is 99.2 Å². The Kier molecular flexibility index (Phi) is 13.8. The molecule has 32 heavy (non-hydrogen) atoms. The molecule has 0 saturated carbocycles. The van der Waals surface area contributed by atoms with Crippen molar-refractivity contribution in [3.63, 3.8) is 0 Å². The molecule has 166 valence electrons. The zero-order chi connectivity index (χ0) is 21.2. The van der Waals surface area contributed by atoms with Gasteiger partial charge < -0.3 is 24.8 Å². The minimum atomic E-state index is 0. The van der Waals surface area contributed by atoms with Gasteiger partial charge in [0.2, 0.25) is 0 Å². The number of aryl methyl sites for hydroxylation is 2. The van der Waals surface area contributed by atoms with Crippen molar-refractivity contribution >= 4 is 3.21 Å². The molecule has 5 rings (SSSR count). The molecule has 3 aromatic rings. The van der Waals surface area contributed by atoms with Crippen molar-refractivity contribution in [2.24, 2.45) is 0 Å². The van der Waals surface area contributed by atoms with E-state index in [-0.39, 0.29) is 24.8 Å². The second kappa shape index (κ2) is 15.4. The van der Waals surface area contributed by atoms with Crippen LogP contribution in [0, 0.1) is 6.08 Å². The van der Waals surface area contributed by atoms with E-state index in [2.05, 4.69) is 105 Å². The molecule has 0 nitrogen and oxygen atoms in total. The van der Waals surface area contributed by atoms with E-state index in [1.807, 2.05) is 0 Å². The van der Waals surface area contributed by atoms with Crippen LogP contribution in [0.1, 0.15) is 55.4 Å². The average Bonchev–Trinajstić information content (AvgIpc) is 3.44. The molecular weight excluding hydrogens is 510 g/mol. The van der Waals surface area contributed by atoms with Gasteiger partial charge in [0.1, 0.15) is 0 Å². The SMILES string of the molecule is CC1=[C-]CC=C1C.[Cl-].[Cl-].[Zr+2]=[C](c1ccccc1)c1ccccc1.c1cc2c([cH-]1)CCCC2. The summed E-state index contributed by atoms with van der Waals surface area (Å²) < 4.78 is 1.42. The maximum Gasteiger partial charge on any atom is -0.0512 e. The van der Waals surface area contributed by atoms with Crippen molar-refractivity contribution in [1.82, 2.24) is 0 Å². The van der Waals surface area contributed by atoms with Crippen LogP contribution in [0.25, 0.3) is 0 Å². The largest absolute Gasteiger partial charge is 0.210 e. The predicted octanol–water partition coefficient (Wildman–Crippen LogP) is 1.18. The smallest absolute Gasteiger partial charge is 0.0512 e. The van der Waals surface area contributed by atoms with E-state index < -0.39 is 0 Å². The molecule has 0 atom stereocenters. The van der Waals surface area contributed by atoms with Crippen molar-refractivity contribution < 1.29 is 49.0 Å². The van der Waals surface area contributed by atoms with Gasteiger partial charge in [-0.05, 0) is 0 Å². The van der Waals surface area contributed by atoms with Gasteiger partial charge in [-0.15, -0.1) is 13.3 Å². The third kappa shape index (κ3) is 8.86. The van der Waals surface area contributed by atoms with Crippen LogP contribution in [-0.4, -0.2) is 3.21 Å². The average molecular weight is 541 g/mol. The second-order valence-electron chi connectivity index (χ2n) is 7.78. The molecule has 0 aromatic heterocycles. The van der Waals surface area contributed by atoms with Crippen LogP contribution in [0.4, 0.5) is 0 Å². The second-order valence-corrected chi connectivity index (χ2v) is 9.01. The van der Waals surface area contributed by atoms with E-state index in [1.165, 1.54) is 75.4 Å². The van der Waals surface area contributed by atoms with E-state index in [9.17, 15) is 0 Å². The van der Waals surface area contributed by atoms with Crippen molar-refractivity contribution in [1.29, 1.82) is 0 Å². The van der Waals surface area contributed by atoms with E-state index in [4.69, 9.17) is 0 Å². The molecule has 0 bridgehead atoms. The molecule has 3 heteroatoms. The van der Waals surface area contributed by atoms with Gasteiger partial charge in [0, 0.05) is 0 Å². The molecule has 2 aliphatic carbocycles. The fraction of sp³-hybridized carbons (Fsp3) is 0.241. The number of halogens is 2. The third-order valence-electron chi connectivity index (χ3n) is 5.64. The Morgan fingerprint density at radius 2 is 1.38 bits per heavy atom. The Morgan fingerprint density at radius 1 is 0.812 bits per heavy atom. The first-order valence-electron chi connectivity index (χ1n) is 10.8. The Balaban J connectivity index is 0.000000248. The summed E-state index contributed by atoms with van der Waals surface area (Å²) in [6.45, 7) is 4.22. The van der Waals surface area contributed by atoms with Crippen molar-refractivity contribution in [2.45, 2.75) is 46.0 Å². The zero-order valence-corrected chi connectivity index (χ0v) is 22.8. The molecule has 0 radical (unpaired) electrons. The van der Waals surface area contributed by atoms with Gasteiger partial charge in [0.25, 0.3) is 0 Å². The monoisotopic (exact) mass is 538 g/mol. The van der Waals surface area contributed by atoms with Crippen molar-refractivity contribution in [3.8, 4) is 0 Å². The number of hydrogen-bond donors (Lipinski definition) is 0. The van der Waals surface area contributed by atoms with Gasteiger partial charge in [0.05, 0.1) is 0 Å². The molecule has 0 aliphatic heterocycles. The van der Waals surface area contributed by atoms with Gasteiger partial charge in [-0.2, -0.15) is 29.3 Å². The summed E-state index contributed by atoms with van der Waals surface area (Å²) in [7, 11) is 0. The zero-order valence-electron chi connectivity index (χ0n) is 18.9. The molecule has 0 amide bonds. The maximum atomic E-state index is 3.19. The van der Waals surface area contributed by atoms with E-state index in [0.717, 1.165) is 6.42 Å². The Morgan fingerprint density at radius 3 is 1.81 bits per heavy atom. The van der Waals surface area contributed by atoms with Gasteiger partial charge in [0.15, 0.2) is 0 Å². The number of hydrogen-bond acceptors (Lipinski definition) is 0. The quantitative estimate of drug-likeness (QED) is 0.429. The maximum absolute atomic E-state index is 3.19. The topological polar surface area (TPSA) is 0 Å². The fourth-order valence-corrected chi connectivity index (χ4v) is 4.46. The van der Waals surface area contributed by atoms with E-state index >= 15 is 0 Å². The summed E-state index contributed by atoms with van der Waals surface area (Å²) in [5.74, 6) is 0. The van der Waals surface area contributed by atoms with Crippen LogP contribution in [0.5, 0.6) is 0 Å². The van der Waals surface area contributed by atoms with E-state index in [0.29, 0.717) is 0 Å². The molecule has 0 N–H and O–H groups in total. The van der Waals surface area contributed by atoms with E-state index in [1.54, 1.807) is 11.1 Å². The minimum absolute atomic E-state index is 0. The van der Waals surface area contributed by atoms with Crippen LogP contribution in [0.15, 0.2) is 96.1 Å². The van der Waals surface area contributed by atoms with Crippen LogP contribution in [0.3, 0.4) is 0 Å².